The lowest BCUT2D eigenvalue weighted by atomic mass is 9.96. The molecule has 7 heteroatoms. The molecule has 0 saturated heterocycles. The predicted octanol–water partition coefficient (Wildman–Crippen LogP) is 5.86. The van der Waals surface area contributed by atoms with Crippen LogP contribution in [0.5, 0.6) is 5.75 Å². The van der Waals surface area contributed by atoms with E-state index in [0.717, 1.165) is 17.1 Å². The van der Waals surface area contributed by atoms with Crippen molar-refractivity contribution in [1.29, 1.82) is 0 Å². The van der Waals surface area contributed by atoms with E-state index >= 15 is 0 Å². The van der Waals surface area contributed by atoms with Gasteiger partial charge in [0.25, 0.3) is 0 Å². The molecule has 2 N–H and O–H groups in total. The second-order valence-electron chi connectivity index (χ2n) is 6.93. The Kier molecular flexibility index (Phi) is 5.03. The highest BCUT2D eigenvalue weighted by atomic mass is 19.4. The monoisotopic (exact) mass is 409 g/mol. The van der Waals surface area contributed by atoms with Gasteiger partial charge in [-0.3, -0.25) is 4.98 Å². The van der Waals surface area contributed by atoms with E-state index in [1.165, 1.54) is 18.2 Å². The highest BCUT2D eigenvalue weighted by molar-refractivity contribution is 5.86. The molecule has 0 bridgehead atoms. The summed E-state index contributed by atoms with van der Waals surface area (Å²) in [5, 5.41) is 14.7. The number of para-hydroxylation sites is 1. The highest BCUT2D eigenvalue weighted by Crippen LogP contribution is 2.40. The van der Waals surface area contributed by atoms with Gasteiger partial charge < -0.3 is 10.4 Å². The maximum Gasteiger partial charge on any atom is 0.418 e. The summed E-state index contributed by atoms with van der Waals surface area (Å²) in [5.74, 6) is -0.0741. The van der Waals surface area contributed by atoms with Crippen LogP contribution in [0, 0.1) is 6.92 Å². The molecule has 0 aliphatic heterocycles. The molecule has 2 aromatic carbocycles. The van der Waals surface area contributed by atoms with E-state index in [1.54, 1.807) is 36.7 Å². The van der Waals surface area contributed by atoms with Crippen molar-refractivity contribution in [2.75, 3.05) is 5.32 Å². The minimum atomic E-state index is -4.52. The molecule has 4 nitrogen and oxygen atoms in total. The van der Waals surface area contributed by atoms with Gasteiger partial charge in [0.1, 0.15) is 11.3 Å². The van der Waals surface area contributed by atoms with Crippen molar-refractivity contribution < 1.29 is 18.3 Å². The largest absolute Gasteiger partial charge is 0.505 e. The minimum Gasteiger partial charge on any atom is -0.505 e. The number of hydrogen-bond donors (Lipinski definition) is 2. The van der Waals surface area contributed by atoms with Gasteiger partial charge in [0.15, 0.2) is 0 Å². The van der Waals surface area contributed by atoms with E-state index in [1.807, 2.05) is 19.1 Å². The molecule has 0 spiro atoms. The summed E-state index contributed by atoms with van der Waals surface area (Å²) >= 11 is 0. The van der Waals surface area contributed by atoms with E-state index in [9.17, 15) is 18.3 Å². The molecule has 30 heavy (non-hydrogen) atoms. The van der Waals surface area contributed by atoms with Gasteiger partial charge in [-0.15, -0.1) is 0 Å². The molecule has 0 amide bonds. The number of phenolic OH excluding ortho intramolecular Hbond substituents is 1. The lowest BCUT2D eigenvalue weighted by Crippen LogP contribution is -2.17. The number of aromatic hydroxyl groups is 1. The Bertz CT molecular complexity index is 1190. The number of aromatic nitrogens is 2. The summed E-state index contributed by atoms with van der Waals surface area (Å²) in [4.78, 5) is 8.39. The summed E-state index contributed by atoms with van der Waals surface area (Å²) in [7, 11) is 0. The zero-order valence-corrected chi connectivity index (χ0v) is 16.0. The average Bonchev–Trinajstić information content (AvgIpc) is 2.73. The van der Waals surface area contributed by atoms with Crippen LogP contribution < -0.4 is 5.32 Å². The first-order valence-corrected chi connectivity index (χ1v) is 9.26. The molecule has 4 rings (SSSR count). The number of halogens is 3. The molecular weight excluding hydrogens is 391 g/mol. The number of rotatable bonds is 4. The minimum absolute atomic E-state index is 0.0741. The van der Waals surface area contributed by atoms with Gasteiger partial charge in [-0.1, -0.05) is 30.3 Å². The number of nitrogens with zero attached hydrogens (tertiary/aromatic N) is 2. The van der Waals surface area contributed by atoms with Crippen LogP contribution in [0.4, 0.5) is 18.9 Å². The van der Waals surface area contributed by atoms with E-state index in [4.69, 9.17) is 0 Å². The maximum absolute atomic E-state index is 13.5. The van der Waals surface area contributed by atoms with Crippen molar-refractivity contribution in [3.05, 3.63) is 95.4 Å². The quantitative estimate of drug-likeness (QED) is 0.443. The number of aryl methyl sites for hydroxylation is 1. The fourth-order valence-electron chi connectivity index (χ4n) is 3.43. The number of anilines is 1. The molecule has 2 aromatic heterocycles. The normalized spacial score (nSPS) is 12.7. The molecule has 0 aliphatic carbocycles. The van der Waals surface area contributed by atoms with Crippen LogP contribution in [0.2, 0.25) is 0 Å². The van der Waals surface area contributed by atoms with Crippen LogP contribution in [0.3, 0.4) is 0 Å². The van der Waals surface area contributed by atoms with Crippen LogP contribution in [0.25, 0.3) is 10.9 Å². The van der Waals surface area contributed by atoms with Crippen molar-refractivity contribution >= 4 is 16.6 Å². The number of nitrogens with one attached hydrogen (secondary N) is 1. The third kappa shape index (κ3) is 3.78. The molecular formula is C23H18F3N3O. The molecule has 0 saturated carbocycles. The van der Waals surface area contributed by atoms with Gasteiger partial charge in [-0.2, -0.15) is 13.2 Å². The van der Waals surface area contributed by atoms with Crippen LogP contribution in [0.1, 0.15) is 28.4 Å². The van der Waals surface area contributed by atoms with Crippen LogP contribution in [0.15, 0.2) is 73.1 Å². The highest BCUT2D eigenvalue weighted by Gasteiger charge is 2.34. The smallest absolute Gasteiger partial charge is 0.418 e. The summed E-state index contributed by atoms with van der Waals surface area (Å²) in [6, 6.07) is 15.1. The Morgan fingerprint density at radius 3 is 2.37 bits per heavy atom. The first-order chi connectivity index (χ1) is 14.3. The SMILES string of the molecule is Cc1ccc2ccc(C(Nc3ccccc3C(F)(F)F)c3ccncc3)c(O)c2n1. The van der Waals surface area contributed by atoms with Crippen molar-refractivity contribution in [1.82, 2.24) is 9.97 Å². The first-order valence-electron chi connectivity index (χ1n) is 9.26. The summed E-state index contributed by atoms with van der Waals surface area (Å²) in [6.45, 7) is 1.81. The van der Waals surface area contributed by atoms with Crippen molar-refractivity contribution in [2.45, 2.75) is 19.1 Å². The standard InChI is InChI=1S/C23H18F3N3O/c1-14-6-7-15-8-9-17(22(30)21(15)28-14)20(16-10-12-27-13-11-16)29-19-5-3-2-4-18(19)23(24,25)26/h2-13,20,29-30H,1H3. The first kappa shape index (κ1) is 19.7. The Morgan fingerprint density at radius 1 is 0.933 bits per heavy atom. The molecule has 2 heterocycles. The summed E-state index contributed by atoms with van der Waals surface area (Å²) in [6.07, 6.45) is -1.41. The van der Waals surface area contributed by atoms with Crippen LogP contribution >= 0.6 is 0 Å². The zero-order chi connectivity index (χ0) is 21.3. The van der Waals surface area contributed by atoms with Crippen molar-refractivity contribution in [2.24, 2.45) is 0 Å². The predicted molar refractivity (Wildman–Crippen MR) is 109 cm³/mol. The van der Waals surface area contributed by atoms with Crippen LogP contribution in [-0.4, -0.2) is 15.1 Å². The fourth-order valence-corrected chi connectivity index (χ4v) is 3.43. The lowest BCUT2D eigenvalue weighted by Gasteiger charge is -2.24. The van der Waals surface area contributed by atoms with Crippen LogP contribution in [-0.2, 0) is 6.18 Å². The van der Waals surface area contributed by atoms with Gasteiger partial charge in [-0.05, 0) is 42.8 Å². The van der Waals surface area contributed by atoms with Gasteiger partial charge in [0.05, 0.1) is 11.6 Å². The average molecular weight is 409 g/mol. The molecule has 0 radical (unpaired) electrons. The number of benzene rings is 2. The topological polar surface area (TPSA) is 58.0 Å². The number of alkyl halides is 3. The van der Waals surface area contributed by atoms with E-state index in [0.29, 0.717) is 16.6 Å². The van der Waals surface area contributed by atoms with E-state index < -0.39 is 17.8 Å². The maximum atomic E-state index is 13.5. The Balaban J connectivity index is 1.88. The zero-order valence-electron chi connectivity index (χ0n) is 16.0. The molecule has 1 unspecified atom stereocenters. The Morgan fingerprint density at radius 2 is 1.63 bits per heavy atom. The third-order valence-electron chi connectivity index (χ3n) is 4.89. The number of pyridine rings is 2. The summed E-state index contributed by atoms with van der Waals surface area (Å²) < 4.78 is 40.6. The second kappa shape index (κ2) is 7.67. The molecule has 152 valence electrons. The van der Waals surface area contributed by atoms with E-state index in [2.05, 4.69) is 15.3 Å². The number of hydrogen-bond acceptors (Lipinski definition) is 4. The molecule has 4 aromatic rings. The van der Waals surface area contributed by atoms with Crippen molar-refractivity contribution in [3.63, 3.8) is 0 Å². The van der Waals surface area contributed by atoms with Gasteiger partial charge in [0.2, 0.25) is 0 Å². The number of fused-ring (bicyclic) bond motifs is 1. The van der Waals surface area contributed by atoms with E-state index in [-0.39, 0.29) is 11.4 Å². The fraction of sp³-hybridized carbons (Fsp3) is 0.130. The summed E-state index contributed by atoms with van der Waals surface area (Å²) in [5.41, 5.74) is 1.35. The molecule has 1 atom stereocenters. The van der Waals surface area contributed by atoms with Gasteiger partial charge in [-0.25, -0.2) is 4.98 Å². The van der Waals surface area contributed by atoms with Crippen molar-refractivity contribution in [3.8, 4) is 5.75 Å². The Hall–Kier alpha value is -3.61. The third-order valence-corrected chi connectivity index (χ3v) is 4.89. The Labute approximate surface area is 171 Å². The van der Waals surface area contributed by atoms with Gasteiger partial charge in [0, 0.05) is 34.7 Å². The second-order valence-corrected chi connectivity index (χ2v) is 6.93. The molecule has 0 aliphatic rings. The van der Waals surface area contributed by atoms with Gasteiger partial charge >= 0.3 is 6.18 Å². The number of phenols is 1. The molecule has 0 fully saturated rings. The lowest BCUT2D eigenvalue weighted by molar-refractivity contribution is -0.137.